The Kier molecular flexibility index (Phi) is 4.64. The fourth-order valence-corrected chi connectivity index (χ4v) is 2.08. The number of furan rings is 1. The molecule has 0 radical (unpaired) electrons. The van der Waals surface area contributed by atoms with Crippen LogP contribution in [0.5, 0.6) is 0 Å². The van der Waals surface area contributed by atoms with Crippen LogP contribution in [-0.2, 0) is 11.3 Å². The minimum absolute atomic E-state index is 0.135. The summed E-state index contributed by atoms with van der Waals surface area (Å²) in [6, 6.07) is 17.2. The zero-order valence-corrected chi connectivity index (χ0v) is 12.5. The maximum absolute atomic E-state index is 11.8. The highest BCUT2D eigenvalue weighted by Crippen LogP contribution is 2.16. The molecular weight excluding hydrogens is 288 g/mol. The summed E-state index contributed by atoms with van der Waals surface area (Å²) in [5.74, 6) is 0.593. The van der Waals surface area contributed by atoms with Crippen LogP contribution in [0.4, 0.5) is 0 Å². The van der Waals surface area contributed by atoms with Crippen LogP contribution in [0.3, 0.4) is 0 Å². The summed E-state index contributed by atoms with van der Waals surface area (Å²) in [6.07, 6.45) is 6.66. The molecule has 0 aliphatic carbocycles. The molecule has 0 atom stereocenters. The molecule has 4 heteroatoms. The zero-order chi connectivity index (χ0) is 15.9. The second kappa shape index (κ2) is 7.22. The van der Waals surface area contributed by atoms with Crippen molar-refractivity contribution in [2.45, 2.75) is 6.54 Å². The number of nitrogens with one attached hydrogen (secondary N) is 1. The van der Waals surface area contributed by atoms with Crippen molar-refractivity contribution in [1.82, 2.24) is 10.3 Å². The highest BCUT2D eigenvalue weighted by Gasteiger charge is 2.02. The van der Waals surface area contributed by atoms with Gasteiger partial charge in [0.15, 0.2) is 5.76 Å². The van der Waals surface area contributed by atoms with Gasteiger partial charge >= 0.3 is 0 Å². The number of carbonyl (C=O) groups is 1. The van der Waals surface area contributed by atoms with E-state index in [4.69, 9.17) is 4.42 Å². The van der Waals surface area contributed by atoms with Gasteiger partial charge in [0.2, 0.25) is 5.91 Å². The number of hydrogen-bond donors (Lipinski definition) is 1. The van der Waals surface area contributed by atoms with Crippen molar-refractivity contribution >= 4 is 12.0 Å². The molecule has 2 aromatic heterocycles. The van der Waals surface area contributed by atoms with E-state index in [2.05, 4.69) is 10.3 Å². The van der Waals surface area contributed by atoms with Crippen molar-refractivity contribution in [3.8, 4) is 11.5 Å². The van der Waals surface area contributed by atoms with E-state index in [1.807, 2.05) is 54.6 Å². The maximum atomic E-state index is 11.8. The first kappa shape index (κ1) is 14.8. The maximum Gasteiger partial charge on any atom is 0.244 e. The van der Waals surface area contributed by atoms with Crippen molar-refractivity contribution in [3.63, 3.8) is 0 Å². The third-order valence-electron chi connectivity index (χ3n) is 3.29. The highest BCUT2D eigenvalue weighted by molar-refractivity contribution is 5.91. The number of aromatic nitrogens is 1. The van der Waals surface area contributed by atoms with E-state index in [0.29, 0.717) is 6.54 Å². The van der Waals surface area contributed by atoms with E-state index in [1.165, 1.54) is 6.08 Å². The minimum Gasteiger partial charge on any atom is -0.463 e. The van der Waals surface area contributed by atoms with Crippen molar-refractivity contribution in [3.05, 3.63) is 84.3 Å². The van der Waals surface area contributed by atoms with Crippen molar-refractivity contribution < 1.29 is 9.21 Å². The average Bonchev–Trinajstić information content (AvgIpc) is 3.14. The van der Waals surface area contributed by atoms with Crippen LogP contribution < -0.4 is 5.32 Å². The van der Waals surface area contributed by atoms with Crippen molar-refractivity contribution in [1.29, 1.82) is 0 Å². The van der Waals surface area contributed by atoms with Crippen LogP contribution >= 0.6 is 0 Å². The van der Waals surface area contributed by atoms with Crippen LogP contribution in [0.25, 0.3) is 17.5 Å². The molecule has 3 rings (SSSR count). The lowest BCUT2D eigenvalue weighted by molar-refractivity contribution is -0.116. The van der Waals surface area contributed by atoms with E-state index in [-0.39, 0.29) is 5.91 Å². The molecule has 1 aromatic carbocycles. The Morgan fingerprint density at radius 2 is 1.96 bits per heavy atom. The summed E-state index contributed by atoms with van der Waals surface area (Å²) in [7, 11) is 0. The first-order valence-corrected chi connectivity index (χ1v) is 7.31. The van der Waals surface area contributed by atoms with E-state index in [1.54, 1.807) is 18.5 Å². The summed E-state index contributed by atoms with van der Waals surface area (Å²) < 4.78 is 5.29. The van der Waals surface area contributed by atoms with Gasteiger partial charge in [-0.2, -0.15) is 0 Å². The first-order chi connectivity index (χ1) is 11.3. The van der Waals surface area contributed by atoms with Gasteiger partial charge < -0.3 is 9.73 Å². The smallest absolute Gasteiger partial charge is 0.244 e. The van der Waals surface area contributed by atoms with Gasteiger partial charge in [0.25, 0.3) is 0 Å². The van der Waals surface area contributed by atoms with Gasteiger partial charge in [0, 0.05) is 18.8 Å². The van der Waals surface area contributed by atoms with Crippen LogP contribution in [-0.4, -0.2) is 10.9 Å². The molecule has 0 unspecified atom stereocenters. The van der Waals surface area contributed by atoms with Crippen molar-refractivity contribution in [2.24, 2.45) is 0 Å². The summed E-state index contributed by atoms with van der Waals surface area (Å²) in [4.78, 5) is 16.1. The Morgan fingerprint density at radius 3 is 2.65 bits per heavy atom. The summed E-state index contributed by atoms with van der Waals surface area (Å²) in [5.41, 5.74) is 2.70. The standard InChI is InChI=1S/C19H16N2O2/c22-19(11-9-15-5-2-1-3-6-15)21-14-16-8-10-17(20-13-16)18-7-4-12-23-18/h1-13H,14H2,(H,21,22)/b11-9+. The van der Waals surface area contributed by atoms with Gasteiger partial charge in [0.05, 0.1) is 6.26 Å². The average molecular weight is 304 g/mol. The van der Waals surface area contributed by atoms with Gasteiger partial charge in [-0.25, -0.2) is 0 Å². The molecule has 0 aliphatic rings. The van der Waals surface area contributed by atoms with E-state index >= 15 is 0 Å². The molecule has 0 bridgehead atoms. The van der Waals surface area contributed by atoms with Gasteiger partial charge in [0.1, 0.15) is 5.69 Å². The Hall–Kier alpha value is -3.14. The zero-order valence-electron chi connectivity index (χ0n) is 12.5. The highest BCUT2D eigenvalue weighted by atomic mass is 16.3. The number of nitrogens with zero attached hydrogens (tertiary/aromatic N) is 1. The molecule has 0 spiro atoms. The Labute approximate surface area is 134 Å². The molecule has 1 amide bonds. The van der Waals surface area contributed by atoms with Gasteiger partial charge in [-0.3, -0.25) is 9.78 Å². The third-order valence-corrected chi connectivity index (χ3v) is 3.29. The van der Waals surface area contributed by atoms with Gasteiger partial charge in [-0.05, 0) is 35.4 Å². The predicted molar refractivity (Wildman–Crippen MR) is 89.3 cm³/mol. The van der Waals surface area contributed by atoms with Crippen LogP contribution in [0.1, 0.15) is 11.1 Å². The van der Waals surface area contributed by atoms with Crippen molar-refractivity contribution in [2.75, 3.05) is 0 Å². The van der Waals surface area contributed by atoms with E-state index < -0.39 is 0 Å². The second-order valence-corrected chi connectivity index (χ2v) is 4.99. The first-order valence-electron chi connectivity index (χ1n) is 7.31. The molecule has 3 aromatic rings. The number of amides is 1. The number of benzene rings is 1. The molecule has 2 heterocycles. The van der Waals surface area contributed by atoms with Crippen LogP contribution in [0.15, 0.2) is 77.6 Å². The minimum atomic E-state index is -0.135. The predicted octanol–water partition coefficient (Wildman–Crippen LogP) is 3.67. The summed E-state index contributed by atoms with van der Waals surface area (Å²) in [6.45, 7) is 0.434. The number of carbonyl (C=O) groups excluding carboxylic acids is 1. The third kappa shape index (κ3) is 4.17. The number of hydrogen-bond acceptors (Lipinski definition) is 3. The Balaban J connectivity index is 1.54. The summed E-state index contributed by atoms with van der Waals surface area (Å²) >= 11 is 0. The molecule has 0 saturated carbocycles. The van der Waals surface area contributed by atoms with E-state index in [9.17, 15) is 4.79 Å². The van der Waals surface area contributed by atoms with Gasteiger partial charge in [-0.1, -0.05) is 36.4 Å². The lowest BCUT2D eigenvalue weighted by Gasteiger charge is -2.03. The summed E-state index contributed by atoms with van der Waals surface area (Å²) in [5, 5.41) is 2.83. The fourth-order valence-electron chi connectivity index (χ4n) is 2.08. The number of rotatable bonds is 5. The largest absolute Gasteiger partial charge is 0.463 e. The normalized spacial score (nSPS) is 10.8. The van der Waals surface area contributed by atoms with Gasteiger partial charge in [-0.15, -0.1) is 0 Å². The SMILES string of the molecule is O=C(/C=C/c1ccccc1)NCc1ccc(-c2ccco2)nc1. The topological polar surface area (TPSA) is 55.1 Å². The monoisotopic (exact) mass is 304 g/mol. The molecular formula is C19H16N2O2. The molecule has 4 nitrogen and oxygen atoms in total. The lowest BCUT2D eigenvalue weighted by Crippen LogP contribution is -2.20. The molecule has 0 fully saturated rings. The molecule has 0 aliphatic heterocycles. The second-order valence-electron chi connectivity index (χ2n) is 4.99. The fraction of sp³-hybridized carbons (Fsp3) is 0.0526. The Morgan fingerprint density at radius 1 is 1.09 bits per heavy atom. The molecule has 1 N–H and O–H groups in total. The molecule has 23 heavy (non-hydrogen) atoms. The van der Waals surface area contributed by atoms with E-state index in [0.717, 1.165) is 22.6 Å². The lowest BCUT2D eigenvalue weighted by atomic mass is 10.2. The Bertz CT molecular complexity index is 776. The quantitative estimate of drug-likeness (QED) is 0.732. The number of pyridine rings is 1. The molecule has 0 saturated heterocycles. The molecule has 114 valence electrons. The van der Waals surface area contributed by atoms with Crippen LogP contribution in [0, 0.1) is 0 Å². The van der Waals surface area contributed by atoms with Crippen LogP contribution in [0.2, 0.25) is 0 Å².